The molecule has 17 heavy (non-hydrogen) atoms. The van der Waals surface area contributed by atoms with E-state index in [9.17, 15) is 0 Å². The summed E-state index contributed by atoms with van der Waals surface area (Å²) in [7, 11) is 1.63. The number of methoxy groups -OCH3 is 1. The summed E-state index contributed by atoms with van der Waals surface area (Å²) in [5.74, 6) is 1.59. The average Bonchev–Trinajstić information content (AvgIpc) is 2.88. The number of aryl methyl sites for hydroxylation is 2. The second-order valence-electron chi connectivity index (χ2n) is 3.81. The molecule has 0 radical (unpaired) electrons. The third-order valence-corrected chi connectivity index (χ3v) is 2.42. The second-order valence-corrected chi connectivity index (χ2v) is 3.81. The van der Waals surface area contributed by atoms with Crippen LogP contribution in [0.5, 0.6) is 0 Å². The van der Waals surface area contributed by atoms with Crippen LogP contribution >= 0.6 is 0 Å². The molecular weight excluding hydrogens is 220 g/mol. The summed E-state index contributed by atoms with van der Waals surface area (Å²) in [5.41, 5.74) is 1.71. The molecule has 0 aliphatic rings. The van der Waals surface area contributed by atoms with Gasteiger partial charge >= 0.3 is 0 Å². The fourth-order valence-electron chi connectivity index (χ4n) is 1.56. The highest BCUT2D eigenvalue weighted by molar-refractivity contribution is 5.08. The summed E-state index contributed by atoms with van der Waals surface area (Å²) in [6.45, 7) is 4.97. The number of hydrogen-bond acceptors (Lipinski definition) is 5. The van der Waals surface area contributed by atoms with Gasteiger partial charge in [0.15, 0.2) is 5.89 Å². The Labute approximate surface area is 99.6 Å². The van der Waals surface area contributed by atoms with Crippen molar-refractivity contribution in [2.75, 3.05) is 7.11 Å². The molecule has 0 amide bonds. The molecule has 2 rings (SSSR count). The van der Waals surface area contributed by atoms with Crippen molar-refractivity contribution < 1.29 is 9.15 Å². The van der Waals surface area contributed by atoms with E-state index >= 15 is 0 Å². The lowest BCUT2D eigenvalue weighted by molar-refractivity contribution is 0.181. The Morgan fingerprint density at radius 2 is 2.29 bits per heavy atom. The Morgan fingerprint density at radius 3 is 2.94 bits per heavy atom. The van der Waals surface area contributed by atoms with Crippen LogP contribution in [0, 0.1) is 6.92 Å². The minimum Gasteiger partial charge on any atom is -0.443 e. The fourth-order valence-corrected chi connectivity index (χ4v) is 1.56. The number of ether oxygens (including phenoxy) is 1. The maximum atomic E-state index is 5.61. The van der Waals surface area contributed by atoms with Gasteiger partial charge in [-0.2, -0.15) is 0 Å². The average molecular weight is 236 g/mol. The van der Waals surface area contributed by atoms with Gasteiger partial charge in [0.2, 0.25) is 0 Å². The highest BCUT2D eigenvalue weighted by Crippen LogP contribution is 2.12. The second kappa shape index (κ2) is 5.09. The first-order valence-electron chi connectivity index (χ1n) is 5.56. The van der Waals surface area contributed by atoms with Gasteiger partial charge in [-0.05, 0) is 6.92 Å². The van der Waals surface area contributed by atoms with Crippen LogP contribution in [0.4, 0.5) is 0 Å². The van der Waals surface area contributed by atoms with Crippen molar-refractivity contribution in [2.45, 2.75) is 33.4 Å². The van der Waals surface area contributed by atoms with Crippen LogP contribution in [0.15, 0.2) is 10.6 Å². The van der Waals surface area contributed by atoms with Crippen LogP contribution < -0.4 is 0 Å². The standard InChI is InChI=1S/C11H16N4O2/c1-4-11-12-8(2)10(17-11)6-15-5-9(7-16-3)13-14-15/h5H,4,6-7H2,1-3H3. The zero-order chi connectivity index (χ0) is 12.3. The molecular formula is C11H16N4O2. The molecule has 0 aliphatic carbocycles. The summed E-state index contributed by atoms with van der Waals surface area (Å²) in [5, 5.41) is 7.99. The van der Waals surface area contributed by atoms with E-state index in [2.05, 4.69) is 15.3 Å². The van der Waals surface area contributed by atoms with E-state index in [4.69, 9.17) is 9.15 Å². The Hall–Kier alpha value is -1.69. The number of aromatic nitrogens is 4. The van der Waals surface area contributed by atoms with Crippen molar-refractivity contribution in [1.29, 1.82) is 0 Å². The lowest BCUT2D eigenvalue weighted by Gasteiger charge is -1.96. The van der Waals surface area contributed by atoms with Crippen molar-refractivity contribution in [1.82, 2.24) is 20.0 Å². The van der Waals surface area contributed by atoms with Crippen molar-refractivity contribution in [3.63, 3.8) is 0 Å². The van der Waals surface area contributed by atoms with Crippen LogP contribution in [0.1, 0.15) is 30.0 Å². The largest absolute Gasteiger partial charge is 0.443 e. The summed E-state index contributed by atoms with van der Waals surface area (Å²) >= 11 is 0. The van der Waals surface area contributed by atoms with Gasteiger partial charge in [-0.15, -0.1) is 5.10 Å². The van der Waals surface area contributed by atoms with Gasteiger partial charge in [-0.1, -0.05) is 12.1 Å². The van der Waals surface area contributed by atoms with Crippen LogP contribution in [-0.2, 0) is 24.3 Å². The molecule has 0 saturated carbocycles. The summed E-state index contributed by atoms with van der Waals surface area (Å²) in [4.78, 5) is 4.32. The maximum Gasteiger partial charge on any atom is 0.194 e. The van der Waals surface area contributed by atoms with E-state index in [0.29, 0.717) is 13.2 Å². The first kappa shape index (κ1) is 11.8. The molecule has 6 heteroatoms. The van der Waals surface area contributed by atoms with Gasteiger partial charge in [0.05, 0.1) is 18.5 Å². The predicted molar refractivity (Wildman–Crippen MR) is 60.5 cm³/mol. The van der Waals surface area contributed by atoms with E-state index in [0.717, 1.165) is 29.5 Å². The molecule has 6 nitrogen and oxygen atoms in total. The lowest BCUT2D eigenvalue weighted by atomic mass is 10.4. The molecule has 0 fully saturated rings. The van der Waals surface area contributed by atoms with Crippen molar-refractivity contribution in [3.8, 4) is 0 Å². The zero-order valence-corrected chi connectivity index (χ0v) is 10.3. The van der Waals surface area contributed by atoms with Crippen molar-refractivity contribution >= 4 is 0 Å². The van der Waals surface area contributed by atoms with Gasteiger partial charge in [0, 0.05) is 13.5 Å². The predicted octanol–water partition coefficient (Wildman–Crippen LogP) is 1.33. The van der Waals surface area contributed by atoms with E-state index in [1.807, 2.05) is 20.0 Å². The van der Waals surface area contributed by atoms with E-state index in [-0.39, 0.29) is 0 Å². The summed E-state index contributed by atoms with van der Waals surface area (Å²) < 4.78 is 12.3. The molecule has 2 aromatic heterocycles. The number of hydrogen-bond donors (Lipinski definition) is 0. The van der Waals surface area contributed by atoms with E-state index in [1.165, 1.54) is 0 Å². The third-order valence-electron chi connectivity index (χ3n) is 2.42. The van der Waals surface area contributed by atoms with E-state index < -0.39 is 0 Å². The van der Waals surface area contributed by atoms with Gasteiger partial charge in [-0.25, -0.2) is 9.67 Å². The molecule has 0 unspecified atom stereocenters. The Balaban J connectivity index is 2.10. The number of rotatable bonds is 5. The molecule has 0 atom stereocenters. The minimum atomic E-state index is 0.468. The molecule has 0 aliphatic heterocycles. The van der Waals surface area contributed by atoms with Crippen LogP contribution in [0.2, 0.25) is 0 Å². The lowest BCUT2D eigenvalue weighted by Crippen LogP contribution is -2.00. The molecule has 2 heterocycles. The first-order valence-corrected chi connectivity index (χ1v) is 5.56. The van der Waals surface area contributed by atoms with E-state index in [1.54, 1.807) is 11.8 Å². The maximum absolute atomic E-state index is 5.61. The molecule has 0 spiro atoms. The molecule has 2 aromatic rings. The Bertz CT molecular complexity index is 489. The Kier molecular flexibility index (Phi) is 3.53. The monoisotopic (exact) mass is 236 g/mol. The highest BCUT2D eigenvalue weighted by Gasteiger charge is 2.10. The van der Waals surface area contributed by atoms with Crippen molar-refractivity contribution in [2.24, 2.45) is 0 Å². The topological polar surface area (TPSA) is 66.0 Å². The Morgan fingerprint density at radius 1 is 1.47 bits per heavy atom. The van der Waals surface area contributed by atoms with Crippen LogP contribution in [0.25, 0.3) is 0 Å². The molecule has 0 bridgehead atoms. The highest BCUT2D eigenvalue weighted by atomic mass is 16.5. The number of oxazole rings is 1. The third kappa shape index (κ3) is 2.71. The van der Waals surface area contributed by atoms with Gasteiger partial charge in [0.1, 0.15) is 18.0 Å². The molecule has 0 saturated heterocycles. The molecule has 0 N–H and O–H groups in total. The molecule has 92 valence electrons. The van der Waals surface area contributed by atoms with Gasteiger partial charge < -0.3 is 9.15 Å². The SMILES string of the molecule is CCc1nc(C)c(Cn2cc(COC)nn2)o1. The minimum absolute atomic E-state index is 0.468. The first-order chi connectivity index (χ1) is 8.22. The summed E-state index contributed by atoms with van der Waals surface area (Å²) in [6, 6.07) is 0. The zero-order valence-electron chi connectivity index (χ0n) is 10.3. The number of nitrogens with zero attached hydrogens (tertiary/aromatic N) is 4. The quantitative estimate of drug-likeness (QED) is 0.783. The smallest absolute Gasteiger partial charge is 0.194 e. The molecule has 0 aromatic carbocycles. The van der Waals surface area contributed by atoms with Crippen LogP contribution in [-0.4, -0.2) is 27.1 Å². The fraction of sp³-hybridized carbons (Fsp3) is 0.545. The van der Waals surface area contributed by atoms with Gasteiger partial charge in [-0.3, -0.25) is 0 Å². The van der Waals surface area contributed by atoms with Crippen molar-refractivity contribution in [3.05, 3.63) is 29.2 Å². The summed E-state index contributed by atoms with van der Waals surface area (Å²) in [6.07, 6.45) is 2.64. The van der Waals surface area contributed by atoms with Gasteiger partial charge in [0.25, 0.3) is 0 Å². The van der Waals surface area contributed by atoms with Crippen LogP contribution in [0.3, 0.4) is 0 Å². The normalized spacial score (nSPS) is 11.0.